The van der Waals surface area contributed by atoms with Crippen LogP contribution in [0.15, 0.2) is 47.8 Å². The second-order valence-corrected chi connectivity index (χ2v) is 7.16. The van der Waals surface area contributed by atoms with Gasteiger partial charge in [0.15, 0.2) is 11.5 Å². The van der Waals surface area contributed by atoms with E-state index >= 15 is 0 Å². The Hall–Kier alpha value is -2.58. The summed E-state index contributed by atoms with van der Waals surface area (Å²) in [6.07, 6.45) is -4.33. The highest BCUT2D eigenvalue weighted by atomic mass is 32.1. The van der Waals surface area contributed by atoms with Crippen LogP contribution in [0.5, 0.6) is 11.5 Å². The molecule has 2 aromatic carbocycles. The number of ether oxygens (including phenoxy) is 2. The van der Waals surface area contributed by atoms with E-state index in [1.54, 1.807) is 0 Å². The van der Waals surface area contributed by atoms with Crippen molar-refractivity contribution in [1.29, 1.82) is 0 Å². The van der Waals surface area contributed by atoms with Crippen LogP contribution in [-0.4, -0.2) is 18.2 Å². The lowest BCUT2D eigenvalue weighted by atomic mass is 10.1. The number of nitrogens with one attached hydrogen (secondary N) is 1. The maximum absolute atomic E-state index is 12.7. The van der Waals surface area contributed by atoms with E-state index in [4.69, 9.17) is 9.47 Å². The van der Waals surface area contributed by atoms with Gasteiger partial charge >= 0.3 is 6.18 Å². The number of aromatic nitrogens is 1. The third-order valence-corrected chi connectivity index (χ3v) is 5.19. The van der Waals surface area contributed by atoms with Crippen LogP contribution in [0.4, 0.5) is 13.2 Å². The fourth-order valence-electron chi connectivity index (χ4n) is 2.86. The molecular formula is C20H17F3N2O2S. The Morgan fingerprint density at radius 2 is 1.71 bits per heavy atom. The summed E-state index contributed by atoms with van der Waals surface area (Å²) in [5, 5.41) is 5.92. The highest BCUT2D eigenvalue weighted by molar-refractivity contribution is 7.13. The Morgan fingerprint density at radius 1 is 0.964 bits per heavy atom. The lowest BCUT2D eigenvalue weighted by molar-refractivity contribution is -0.137. The molecule has 0 saturated carbocycles. The van der Waals surface area contributed by atoms with Crippen LogP contribution < -0.4 is 14.8 Å². The van der Waals surface area contributed by atoms with Crippen LogP contribution in [0.3, 0.4) is 0 Å². The Morgan fingerprint density at radius 3 is 2.46 bits per heavy atom. The SMILES string of the molecule is FC(F)(F)c1ccc(-c2nc(CNCc3ccc4c(c3)OCCO4)cs2)cc1. The molecule has 28 heavy (non-hydrogen) atoms. The van der Waals surface area contributed by atoms with Crippen molar-refractivity contribution < 1.29 is 22.6 Å². The molecule has 1 aliphatic rings. The number of thiazole rings is 1. The van der Waals surface area contributed by atoms with E-state index in [1.165, 1.54) is 23.5 Å². The van der Waals surface area contributed by atoms with Crippen molar-refractivity contribution in [3.05, 3.63) is 64.7 Å². The quantitative estimate of drug-likeness (QED) is 0.655. The Bertz CT molecular complexity index is 955. The van der Waals surface area contributed by atoms with Crippen molar-refractivity contribution in [2.45, 2.75) is 19.3 Å². The smallest absolute Gasteiger partial charge is 0.416 e. The topological polar surface area (TPSA) is 43.4 Å². The summed E-state index contributed by atoms with van der Waals surface area (Å²) in [4.78, 5) is 4.50. The first-order chi connectivity index (χ1) is 13.5. The van der Waals surface area contributed by atoms with Crippen LogP contribution in [0.2, 0.25) is 0 Å². The lowest BCUT2D eigenvalue weighted by Crippen LogP contribution is -2.16. The van der Waals surface area contributed by atoms with E-state index in [9.17, 15) is 13.2 Å². The molecule has 3 aromatic rings. The first-order valence-corrected chi connectivity index (χ1v) is 9.58. The van der Waals surface area contributed by atoms with Gasteiger partial charge in [0, 0.05) is 24.0 Å². The van der Waals surface area contributed by atoms with Crippen molar-refractivity contribution in [3.63, 3.8) is 0 Å². The molecule has 2 heterocycles. The van der Waals surface area contributed by atoms with Gasteiger partial charge in [0.1, 0.15) is 18.2 Å². The minimum atomic E-state index is -4.33. The summed E-state index contributed by atoms with van der Waals surface area (Å²) >= 11 is 1.41. The molecule has 0 radical (unpaired) electrons. The van der Waals surface area contributed by atoms with Crippen molar-refractivity contribution in [2.24, 2.45) is 0 Å². The predicted octanol–water partition coefficient (Wildman–Crippen LogP) is 4.89. The minimum absolute atomic E-state index is 0.551. The van der Waals surface area contributed by atoms with E-state index < -0.39 is 11.7 Å². The molecule has 4 nitrogen and oxygen atoms in total. The molecule has 1 aromatic heterocycles. The summed E-state index contributed by atoms with van der Waals surface area (Å²) in [5.74, 6) is 1.51. The number of alkyl halides is 3. The maximum atomic E-state index is 12.7. The van der Waals surface area contributed by atoms with Gasteiger partial charge in [-0.15, -0.1) is 11.3 Å². The van der Waals surface area contributed by atoms with E-state index in [0.29, 0.717) is 36.9 Å². The highest BCUT2D eigenvalue weighted by Crippen LogP contribution is 2.32. The molecule has 4 rings (SSSR count). The van der Waals surface area contributed by atoms with Crippen LogP contribution in [-0.2, 0) is 19.3 Å². The summed E-state index contributed by atoms with van der Waals surface area (Å²) in [7, 11) is 0. The number of fused-ring (bicyclic) bond motifs is 1. The molecule has 0 bridgehead atoms. The zero-order valence-corrected chi connectivity index (χ0v) is 15.6. The van der Waals surface area contributed by atoms with E-state index in [2.05, 4.69) is 10.3 Å². The monoisotopic (exact) mass is 406 g/mol. The average molecular weight is 406 g/mol. The molecule has 0 spiro atoms. The summed E-state index contributed by atoms with van der Waals surface area (Å²) in [6, 6.07) is 10.9. The Balaban J connectivity index is 1.35. The number of hydrogen-bond donors (Lipinski definition) is 1. The normalized spacial score (nSPS) is 13.5. The Labute approximate surface area is 163 Å². The second-order valence-electron chi connectivity index (χ2n) is 6.30. The third kappa shape index (κ3) is 4.28. The molecule has 0 atom stereocenters. The van der Waals surface area contributed by atoms with Gasteiger partial charge in [-0.1, -0.05) is 18.2 Å². The fourth-order valence-corrected chi connectivity index (χ4v) is 3.68. The van der Waals surface area contributed by atoms with Crippen molar-refractivity contribution in [3.8, 4) is 22.1 Å². The van der Waals surface area contributed by atoms with Gasteiger partial charge in [0.25, 0.3) is 0 Å². The van der Waals surface area contributed by atoms with Gasteiger partial charge in [-0.05, 0) is 29.8 Å². The van der Waals surface area contributed by atoms with Crippen LogP contribution in [0, 0.1) is 0 Å². The summed E-state index contributed by atoms with van der Waals surface area (Å²) in [5.41, 5.74) is 1.94. The zero-order valence-electron chi connectivity index (χ0n) is 14.8. The molecule has 8 heteroatoms. The molecule has 1 aliphatic heterocycles. The number of rotatable bonds is 5. The number of halogens is 3. The highest BCUT2D eigenvalue weighted by Gasteiger charge is 2.30. The van der Waals surface area contributed by atoms with E-state index in [1.807, 2.05) is 23.6 Å². The number of benzene rings is 2. The Kier molecular flexibility index (Phi) is 5.23. The molecule has 146 valence electrons. The first kappa shape index (κ1) is 18.8. The molecule has 1 N–H and O–H groups in total. The maximum Gasteiger partial charge on any atom is 0.416 e. The summed E-state index contributed by atoms with van der Waals surface area (Å²) < 4.78 is 49.1. The third-order valence-electron chi connectivity index (χ3n) is 4.25. The summed E-state index contributed by atoms with van der Waals surface area (Å²) in [6.45, 7) is 2.32. The van der Waals surface area contributed by atoms with Gasteiger partial charge in [0.2, 0.25) is 0 Å². The molecule has 0 amide bonds. The number of nitrogens with zero attached hydrogens (tertiary/aromatic N) is 1. The molecule has 0 unspecified atom stereocenters. The predicted molar refractivity (Wildman–Crippen MR) is 101 cm³/mol. The van der Waals surface area contributed by atoms with Gasteiger partial charge in [-0.3, -0.25) is 0 Å². The van der Waals surface area contributed by atoms with Gasteiger partial charge in [-0.25, -0.2) is 4.98 Å². The standard InChI is InChI=1S/C20H17F3N2O2S/c21-20(22,23)15-4-2-14(3-5-15)19-25-16(12-28-19)11-24-10-13-1-6-17-18(9-13)27-8-7-26-17/h1-6,9,12,24H,7-8,10-11H2. The van der Waals surface area contributed by atoms with Crippen molar-refractivity contribution >= 4 is 11.3 Å². The zero-order chi connectivity index (χ0) is 19.6. The van der Waals surface area contributed by atoms with E-state index in [0.717, 1.165) is 34.9 Å². The molecule has 0 fully saturated rings. The first-order valence-electron chi connectivity index (χ1n) is 8.70. The van der Waals surface area contributed by atoms with Crippen molar-refractivity contribution in [2.75, 3.05) is 13.2 Å². The van der Waals surface area contributed by atoms with Gasteiger partial charge < -0.3 is 14.8 Å². The molecular weight excluding hydrogens is 389 g/mol. The molecule has 0 saturated heterocycles. The van der Waals surface area contributed by atoms with Crippen LogP contribution in [0.25, 0.3) is 10.6 Å². The van der Waals surface area contributed by atoms with Crippen molar-refractivity contribution in [1.82, 2.24) is 10.3 Å². The second kappa shape index (κ2) is 7.81. The van der Waals surface area contributed by atoms with Gasteiger partial charge in [0.05, 0.1) is 11.3 Å². The average Bonchev–Trinajstić information content (AvgIpc) is 3.16. The van der Waals surface area contributed by atoms with Crippen LogP contribution >= 0.6 is 11.3 Å². The lowest BCUT2D eigenvalue weighted by Gasteiger charge is -2.18. The van der Waals surface area contributed by atoms with E-state index in [-0.39, 0.29) is 0 Å². The van der Waals surface area contributed by atoms with Crippen LogP contribution in [0.1, 0.15) is 16.8 Å². The molecule has 0 aliphatic carbocycles. The number of hydrogen-bond acceptors (Lipinski definition) is 5. The largest absolute Gasteiger partial charge is 0.486 e. The fraction of sp³-hybridized carbons (Fsp3) is 0.250. The van der Waals surface area contributed by atoms with Gasteiger partial charge in [-0.2, -0.15) is 13.2 Å². The minimum Gasteiger partial charge on any atom is -0.486 e.